The van der Waals surface area contributed by atoms with Crippen molar-refractivity contribution in [1.29, 1.82) is 0 Å². The number of ether oxygens (including phenoxy) is 3. The molecule has 0 aliphatic rings. The molecule has 0 N–H and O–H groups in total. The monoisotopic (exact) mass is 176 g/mol. The maximum absolute atomic E-state index is 5.33. The standard InChI is InChI=1S/C9H20O3/c1-4-6-12-8-9(10-3)7-11-5-2/h9H,4-8H2,1-3H3. The van der Waals surface area contributed by atoms with Crippen LogP contribution >= 0.6 is 0 Å². The van der Waals surface area contributed by atoms with Gasteiger partial charge in [-0.25, -0.2) is 0 Å². The van der Waals surface area contributed by atoms with Gasteiger partial charge in [0.15, 0.2) is 0 Å². The first kappa shape index (κ1) is 11.9. The Kier molecular flexibility index (Phi) is 8.88. The molecule has 1 unspecified atom stereocenters. The minimum atomic E-state index is 0.0801. The lowest BCUT2D eigenvalue weighted by molar-refractivity contribution is -0.0384. The molecule has 0 aliphatic carbocycles. The van der Waals surface area contributed by atoms with Crippen molar-refractivity contribution in [3.63, 3.8) is 0 Å². The Bertz CT molecular complexity index is 85.8. The summed E-state index contributed by atoms with van der Waals surface area (Å²) in [7, 11) is 1.68. The fourth-order valence-corrected chi connectivity index (χ4v) is 0.793. The second-order valence-electron chi connectivity index (χ2n) is 2.59. The molecule has 0 rings (SSSR count). The topological polar surface area (TPSA) is 27.7 Å². The third kappa shape index (κ3) is 6.58. The van der Waals surface area contributed by atoms with E-state index in [2.05, 4.69) is 6.92 Å². The van der Waals surface area contributed by atoms with E-state index < -0.39 is 0 Å². The highest BCUT2D eigenvalue weighted by Crippen LogP contribution is 1.93. The summed E-state index contributed by atoms with van der Waals surface area (Å²) in [6.07, 6.45) is 1.13. The van der Waals surface area contributed by atoms with Crippen LogP contribution in [0.15, 0.2) is 0 Å². The Hall–Kier alpha value is -0.120. The average molecular weight is 176 g/mol. The lowest BCUT2D eigenvalue weighted by Gasteiger charge is -2.14. The SMILES string of the molecule is CCCOCC(COCC)OC. The van der Waals surface area contributed by atoms with Crippen LogP contribution in [-0.2, 0) is 14.2 Å². The van der Waals surface area contributed by atoms with E-state index in [1.807, 2.05) is 6.92 Å². The van der Waals surface area contributed by atoms with Crippen molar-refractivity contribution in [1.82, 2.24) is 0 Å². The molecule has 0 fully saturated rings. The second kappa shape index (κ2) is 8.97. The molecule has 0 aromatic carbocycles. The van der Waals surface area contributed by atoms with E-state index in [0.717, 1.165) is 19.6 Å². The van der Waals surface area contributed by atoms with Gasteiger partial charge in [0.05, 0.1) is 13.2 Å². The summed E-state index contributed by atoms with van der Waals surface area (Å²) in [6.45, 7) is 6.84. The van der Waals surface area contributed by atoms with Crippen molar-refractivity contribution in [3.8, 4) is 0 Å². The smallest absolute Gasteiger partial charge is 0.104 e. The highest BCUT2D eigenvalue weighted by Gasteiger charge is 2.06. The first-order valence-electron chi connectivity index (χ1n) is 4.53. The molecular weight excluding hydrogens is 156 g/mol. The predicted octanol–water partition coefficient (Wildman–Crippen LogP) is 1.46. The largest absolute Gasteiger partial charge is 0.379 e. The van der Waals surface area contributed by atoms with Crippen LogP contribution < -0.4 is 0 Å². The molecule has 0 heterocycles. The summed E-state index contributed by atoms with van der Waals surface area (Å²) in [5.41, 5.74) is 0. The van der Waals surface area contributed by atoms with Gasteiger partial charge in [-0.2, -0.15) is 0 Å². The third-order valence-electron chi connectivity index (χ3n) is 1.49. The highest BCUT2D eigenvalue weighted by molar-refractivity contribution is 4.53. The van der Waals surface area contributed by atoms with Crippen molar-refractivity contribution < 1.29 is 14.2 Å². The normalized spacial score (nSPS) is 13.2. The molecule has 0 aromatic heterocycles. The van der Waals surface area contributed by atoms with Gasteiger partial charge >= 0.3 is 0 Å². The zero-order chi connectivity index (χ0) is 9.23. The van der Waals surface area contributed by atoms with E-state index in [4.69, 9.17) is 14.2 Å². The van der Waals surface area contributed by atoms with Gasteiger partial charge in [0, 0.05) is 20.3 Å². The van der Waals surface area contributed by atoms with Crippen LogP contribution in [0.3, 0.4) is 0 Å². The van der Waals surface area contributed by atoms with Crippen LogP contribution in [0.5, 0.6) is 0 Å². The molecule has 0 aliphatic heterocycles. The van der Waals surface area contributed by atoms with Gasteiger partial charge in [0.25, 0.3) is 0 Å². The van der Waals surface area contributed by atoms with Gasteiger partial charge in [0.1, 0.15) is 6.10 Å². The van der Waals surface area contributed by atoms with Crippen molar-refractivity contribution in [2.45, 2.75) is 26.4 Å². The minimum absolute atomic E-state index is 0.0801. The Morgan fingerprint density at radius 1 is 1.08 bits per heavy atom. The van der Waals surface area contributed by atoms with E-state index in [9.17, 15) is 0 Å². The molecule has 74 valence electrons. The molecule has 0 spiro atoms. The summed E-state index contributed by atoms with van der Waals surface area (Å²) in [5, 5.41) is 0. The Labute approximate surface area is 75.0 Å². The molecule has 0 saturated heterocycles. The first-order valence-corrected chi connectivity index (χ1v) is 4.53. The van der Waals surface area contributed by atoms with E-state index >= 15 is 0 Å². The molecule has 0 amide bonds. The molecule has 0 radical (unpaired) electrons. The molecule has 0 saturated carbocycles. The lowest BCUT2D eigenvalue weighted by Crippen LogP contribution is -2.24. The molecule has 1 atom stereocenters. The summed E-state index contributed by atoms with van der Waals surface area (Å²) >= 11 is 0. The maximum Gasteiger partial charge on any atom is 0.104 e. The number of hydrogen-bond acceptors (Lipinski definition) is 3. The lowest BCUT2D eigenvalue weighted by atomic mass is 10.4. The van der Waals surface area contributed by atoms with Crippen molar-refractivity contribution in [2.75, 3.05) is 33.5 Å². The van der Waals surface area contributed by atoms with Crippen LogP contribution in [0, 0.1) is 0 Å². The Balaban J connectivity index is 3.26. The van der Waals surface area contributed by atoms with Crippen LogP contribution in [0.2, 0.25) is 0 Å². The third-order valence-corrected chi connectivity index (χ3v) is 1.49. The first-order chi connectivity index (χ1) is 5.85. The molecule has 3 nitrogen and oxygen atoms in total. The van der Waals surface area contributed by atoms with Crippen LogP contribution in [-0.4, -0.2) is 39.6 Å². The molecule has 12 heavy (non-hydrogen) atoms. The van der Waals surface area contributed by atoms with Crippen molar-refractivity contribution >= 4 is 0 Å². The summed E-state index contributed by atoms with van der Waals surface area (Å²) < 4.78 is 15.7. The number of rotatable bonds is 8. The Morgan fingerprint density at radius 3 is 2.25 bits per heavy atom. The summed E-state index contributed by atoms with van der Waals surface area (Å²) in [4.78, 5) is 0. The zero-order valence-electron chi connectivity index (χ0n) is 8.34. The quantitative estimate of drug-likeness (QED) is 0.524. The number of methoxy groups -OCH3 is 1. The van der Waals surface area contributed by atoms with Crippen molar-refractivity contribution in [2.24, 2.45) is 0 Å². The Morgan fingerprint density at radius 2 is 1.75 bits per heavy atom. The molecule has 0 bridgehead atoms. The van der Waals surface area contributed by atoms with E-state index in [-0.39, 0.29) is 6.10 Å². The van der Waals surface area contributed by atoms with E-state index in [0.29, 0.717) is 13.2 Å². The fraction of sp³-hybridized carbons (Fsp3) is 1.00. The van der Waals surface area contributed by atoms with Crippen LogP contribution in [0.1, 0.15) is 20.3 Å². The van der Waals surface area contributed by atoms with Gasteiger partial charge in [-0.3, -0.25) is 0 Å². The van der Waals surface area contributed by atoms with Gasteiger partial charge in [-0.05, 0) is 13.3 Å². The predicted molar refractivity (Wildman–Crippen MR) is 48.4 cm³/mol. The van der Waals surface area contributed by atoms with Gasteiger partial charge in [-0.1, -0.05) is 6.92 Å². The highest BCUT2D eigenvalue weighted by atomic mass is 16.6. The summed E-state index contributed by atoms with van der Waals surface area (Å²) in [6, 6.07) is 0. The second-order valence-corrected chi connectivity index (χ2v) is 2.59. The van der Waals surface area contributed by atoms with Gasteiger partial charge in [-0.15, -0.1) is 0 Å². The molecule has 0 aromatic rings. The van der Waals surface area contributed by atoms with Crippen LogP contribution in [0.4, 0.5) is 0 Å². The average Bonchev–Trinajstić information content (AvgIpc) is 2.11. The molecular formula is C9H20O3. The number of hydrogen-bond donors (Lipinski definition) is 0. The van der Waals surface area contributed by atoms with E-state index in [1.54, 1.807) is 7.11 Å². The maximum atomic E-state index is 5.33. The zero-order valence-corrected chi connectivity index (χ0v) is 8.34. The van der Waals surface area contributed by atoms with E-state index in [1.165, 1.54) is 0 Å². The fourth-order valence-electron chi connectivity index (χ4n) is 0.793. The molecule has 3 heteroatoms. The van der Waals surface area contributed by atoms with Crippen molar-refractivity contribution in [3.05, 3.63) is 0 Å². The van der Waals surface area contributed by atoms with Gasteiger partial charge in [0.2, 0.25) is 0 Å². The minimum Gasteiger partial charge on any atom is -0.379 e. The van der Waals surface area contributed by atoms with Gasteiger partial charge < -0.3 is 14.2 Å². The van der Waals surface area contributed by atoms with Crippen LogP contribution in [0.25, 0.3) is 0 Å². The summed E-state index contributed by atoms with van der Waals surface area (Å²) in [5.74, 6) is 0.